The first-order chi connectivity index (χ1) is 4.69. The predicted octanol–water partition coefficient (Wildman–Crippen LogP) is 1.33. The fraction of sp³-hybridized carbons (Fsp3) is 1.00. The van der Waals surface area contributed by atoms with Crippen LogP contribution in [-0.2, 0) is 9.47 Å². The molecule has 0 saturated carbocycles. The van der Waals surface area contributed by atoms with Gasteiger partial charge >= 0.3 is 0 Å². The van der Waals surface area contributed by atoms with E-state index in [0.717, 1.165) is 12.8 Å². The fourth-order valence-corrected chi connectivity index (χ4v) is 1.55. The van der Waals surface area contributed by atoms with Gasteiger partial charge in [-0.05, 0) is 12.8 Å². The van der Waals surface area contributed by atoms with Crippen molar-refractivity contribution in [3.63, 3.8) is 0 Å². The van der Waals surface area contributed by atoms with Gasteiger partial charge in [-0.25, -0.2) is 0 Å². The molecular weight excluding hydrogens is 168 g/mol. The number of methoxy groups -OCH3 is 1. The van der Waals surface area contributed by atoms with E-state index in [2.05, 4.69) is 25.3 Å². The second-order valence-corrected chi connectivity index (χ2v) is 3.59. The zero-order valence-electron chi connectivity index (χ0n) is 5.91. The maximum Gasteiger partial charge on any atom is 0.227 e. The van der Waals surface area contributed by atoms with E-state index in [4.69, 9.17) is 9.47 Å². The van der Waals surface area contributed by atoms with E-state index in [1.54, 1.807) is 7.11 Å². The lowest BCUT2D eigenvalue weighted by Gasteiger charge is -2.35. The van der Waals surface area contributed by atoms with Crippen molar-refractivity contribution in [2.24, 2.45) is 0 Å². The molecule has 10 heavy (non-hydrogen) atoms. The Labute approximate surface area is 72.1 Å². The average molecular weight is 180 g/mol. The van der Waals surface area contributed by atoms with Crippen LogP contribution in [0.4, 0.5) is 0 Å². The van der Waals surface area contributed by atoms with Crippen LogP contribution < -0.4 is 0 Å². The van der Waals surface area contributed by atoms with Crippen molar-refractivity contribution in [3.05, 3.63) is 0 Å². The van der Waals surface area contributed by atoms with E-state index in [9.17, 15) is 0 Å². The van der Waals surface area contributed by atoms with Crippen molar-refractivity contribution < 1.29 is 9.47 Å². The van der Waals surface area contributed by atoms with Crippen molar-refractivity contribution in [1.29, 1.82) is 0 Å². The van der Waals surface area contributed by atoms with Crippen molar-refractivity contribution in [3.8, 4) is 0 Å². The van der Waals surface area contributed by atoms with E-state index in [1.807, 2.05) is 0 Å². The van der Waals surface area contributed by atoms with Crippen LogP contribution in [0.2, 0.25) is 0 Å². The molecule has 0 N–H and O–H groups in total. The highest BCUT2D eigenvalue weighted by Gasteiger charge is 2.36. The van der Waals surface area contributed by atoms with Crippen LogP contribution in [0.3, 0.4) is 0 Å². The molecule has 2 atom stereocenters. The number of ether oxygens (including phenoxy) is 2. The monoisotopic (exact) mass is 180 g/mol. The lowest BCUT2D eigenvalue weighted by atomic mass is 10.2. The molecular formula is C6H12O2S2. The molecule has 1 fully saturated rings. The Hall–Kier alpha value is 0.620. The van der Waals surface area contributed by atoms with E-state index in [1.165, 1.54) is 0 Å². The van der Waals surface area contributed by atoms with Crippen LogP contribution in [0.15, 0.2) is 0 Å². The Morgan fingerprint density at radius 1 is 1.70 bits per heavy atom. The van der Waals surface area contributed by atoms with Crippen LogP contribution >= 0.6 is 25.3 Å². The molecule has 1 saturated heterocycles. The third-order valence-electron chi connectivity index (χ3n) is 1.64. The summed E-state index contributed by atoms with van der Waals surface area (Å²) in [7, 11) is 1.58. The highest BCUT2D eigenvalue weighted by atomic mass is 32.1. The standard InChI is InChI=1S/C6H12O2S2/c1-7-6(10)5(9)3-2-4-8-6/h5,9-10H,2-4H2,1H3. The Bertz CT molecular complexity index is 120. The first-order valence-electron chi connectivity index (χ1n) is 3.28. The molecule has 0 radical (unpaired) electrons. The minimum absolute atomic E-state index is 0.0783. The normalized spacial score (nSPS) is 41.7. The predicted molar refractivity (Wildman–Crippen MR) is 46.7 cm³/mol. The fourth-order valence-electron chi connectivity index (χ4n) is 0.969. The van der Waals surface area contributed by atoms with Crippen LogP contribution in [0, 0.1) is 0 Å². The summed E-state index contributed by atoms with van der Waals surface area (Å²) in [5, 5.41) is -0.684. The SMILES string of the molecule is COC1(S)OCCCC1S. The van der Waals surface area contributed by atoms with E-state index in [0.29, 0.717) is 6.61 Å². The summed E-state index contributed by atoms with van der Waals surface area (Å²) >= 11 is 8.52. The third kappa shape index (κ3) is 1.61. The molecule has 2 nitrogen and oxygen atoms in total. The Balaban J connectivity index is 2.54. The molecule has 2 unspecified atom stereocenters. The van der Waals surface area contributed by atoms with Gasteiger partial charge in [0.2, 0.25) is 5.12 Å². The van der Waals surface area contributed by atoms with E-state index in [-0.39, 0.29) is 5.25 Å². The Morgan fingerprint density at radius 3 is 2.80 bits per heavy atom. The van der Waals surface area contributed by atoms with Gasteiger partial charge in [-0.15, -0.1) is 12.6 Å². The van der Waals surface area contributed by atoms with Gasteiger partial charge in [0, 0.05) is 7.11 Å². The lowest BCUT2D eigenvalue weighted by molar-refractivity contribution is -0.168. The number of thiol groups is 2. The van der Waals surface area contributed by atoms with Gasteiger partial charge in [0.25, 0.3) is 0 Å². The van der Waals surface area contributed by atoms with Gasteiger partial charge in [-0.1, -0.05) is 0 Å². The van der Waals surface area contributed by atoms with Gasteiger partial charge in [-0.2, -0.15) is 12.6 Å². The summed E-state index contributed by atoms with van der Waals surface area (Å²) in [6.07, 6.45) is 2.04. The third-order valence-corrected chi connectivity index (χ3v) is 3.07. The molecule has 0 aliphatic carbocycles. The summed E-state index contributed by atoms with van der Waals surface area (Å²) in [5.41, 5.74) is 0. The molecule has 0 spiro atoms. The Morgan fingerprint density at radius 2 is 2.40 bits per heavy atom. The molecule has 1 aliphatic rings. The number of hydrogen-bond donors (Lipinski definition) is 2. The smallest absolute Gasteiger partial charge is 0.227 e. The van der Waals surface area contributed by atoms with Gasteiger partial charge in [0.15, 0.2) is 0 Å². The molecule has 1 aliphatic heterocycles. The maximum absolute atomic E-state index is 5.29. The number of hydrogen-bond acceptors (Lipinski definition) is 4. The average Bonchev–Trinajstić information content (AvgIpc) is 1.96. The van der Waals surface area contributed by atoms with E-state index < -0.39 is 5.12 Å². The molecule has 0 bridgehead atoms. The van der Waals surface area contributed by atoms with Crippen LogP contribution in [0.25, 0.3) is 0 Å². The van der Waals surface area contributed by atoms with Crippen LogP contribution in [0.1, 0.15) is 12.8 Å². The molecule has 0 aromatic heterocycles. The second-order valence-electron chi connectivity index (χ2n) is 2.34. The highest BCUT2D eigenvalue weighted by molar-refractivity contribution is 7.85. The molecule has 0 amide bonds. The minimum Gasteiger partial charge on any atom is -0.344 e. The maximum atomic E-state index is 5.29. The Kier molecular flexibility index (Phi) is 2.91. The first-order valence-corrected chi connectivity index (χ1v) is 4.25. The summed E-state index contributed by atoms with van der Waals surface area (Å²) in [4.78, 5) is 0. The van der Waals surface area contributed by atoms with Crippen LogP contribution in [-0.4, -0.2) is 24.1 Å². The van der Waals surface area contributed by atoms with Gasteiger partial charge in [-0.3, -0.25) is 0 Å². The molecule has 1 rings (SSSR count). The quantitative estimate of drug-likeness (QED) is 0.468. The zero-order valence-corrected chi connectivity index (χ0v) is 7.70. The highest BCUT2D eigenvalue weighted by Crippen LogP contribution is 2.32. The molecule has 4 heteroatoms. The summed E-state index contributed by atoms with van der Waals surface area (Å²) in [6.45, 7) is 0.717. The second kappa shape index (κ2) is 3.34. The van der Waals surface area contributed by atoms with Crippen molar-refractivity contribution in [1.82, 2.24) is 0 Å². The van der Waals surface area contributed by atoms with Gasteiger partial charge in [0.05, 0.1) is 11.9 Å². The van der Waals surface area contributed by atoms with Gasteiger partial charge in [0.1, 0.15) is 0 Å². The summed E-state index contributed by atoms with van der Waals surface area (Å²) in [5.74, 6) is 0. The summed E-state index contributed by atoms with van der Waals surface area (Å²) in [6, 6.07) is 0. The minimum atomic E-state index is -0.763. The topological polar surface area (TPSA) is 18.5 Å². The molecule has 0 aromatic rings. The lowest BCUT2D eigenvalue weighted by Crippen LogP contribution is -2.42. The molecule has 60 valence electrons. The van der Waals surface area contributed by atoms with Crippen LogP contribution in [0.5, 0.6) is 0 Å². The molecule has 0 aromatic carbocycles. The molecule has 1 heterocycles. The van der Waals surface area contributed by atoms with Crippen molar-refractivity contribution >= 4 is 25.3 Å². The summed E-state index contributed by atoms with van der Waals surface area (Å²) < 4.78 is 10.3. The largest absolute Gasteiger partial charge is 0.344 e. The van der Waals surface area contributed by atoms with Crippen molar-refractivity contribution in [2.45, 2.75) is 23.2 Å². The van der Waals surface area contributed by atoms with Crippen molar-refractivity contribution in [2.75, 3.05) is 13.7 Å². The first kappa shape index (κ1) is 8.71. The van der Waals surface area contributed by atoms with E-state index >= 15 is 0 Å². The zero-order chi connectivity index (χ0) is 7.61. The van der Waals surface area contributed by atoms with Gasteiger partial charge < -0.3 is 9.47 Å². The number of rotatable bonds is 1.